The summed E-state index contributed by atoms with van der Waals surface area (Å²) in [6.45, 7) is 4.39. The summed E-state index contributed by atoms with van der Waals surface area (Å²) in [7, 11) is 0. The molecule has 4 aromatic rings. The summed E-state index contributed by atoms with van der Waals surface area (Å²) in [6.07, 6.45) is 8.16. The van der Waals surface area contributed by atoms with Crippen molar-refractivity contribution in [2.24, 2.45) is 0 Å². The van der Waals surface area contributed by atoms with E-state index in [2.05, 4.69) is 46.5 Å². The van der Waals surface area contributed by atoms with E-state index >= 15 is 0 Å². The van der Waals surface area contributed by atoms with E-state index in [9.17, 15) is 9.59 Å². The van der Waals surface area contributed by atoms with Crippen LogP contribution >= 0.6 is 11.3 Å². The standard InChI is InChI=1S/C30H31N5O2S/c1-20-5-7-22(8-6-20)24-17-31-35(19-24)18-21-3-2-4-23(15-21)29(37)33-30-32-27-10-9-25(16-28(27)38-30)34-13-11-26(36)12-14-34/h2-8,15,17,19,25H,9-14,16,18H2,1H3,(H,32,33,37)/t25-/m0/s1. The van der Waals surface area contributed by atoms with Crippen LogP contribution in [0.5, 0.6) is 0 Å². The number of aromatic nitrogens is 3. The minimum absolute atomic E-state index is 0.148. The van der Waals surface area contributed by atoms with Crippen molar-refractivity contribution >= 4 is 28.2 Å². The first kappa shape index (κ1) is 24.7. The average molecular weight is 526 g/mol. The quantitative estimate of drug-likeness (QED) is 0.377. The van der Waals surface area contributed by atoms with Gasteiger partial charge in [-0.3, -0.25) is 24.5 Å². The summed E-state index contributed by atoms with van der Waals surface area (Å²) in [5.41, 5.74) is 6.16. The van der Waals surface area contributed by atoms with Crippen LogP contribution in [0, 0.1) is 6.92 Å². The minimum Gasteiger partial charge on any atom is -0.300 e. The van der Waals surface area contributed by atoms with Crippen LogP contribution in [0.1, 0.15) is 51.3 Å². The number of likely N-dealkylation sites (tertiary alicyclic amines) is 1. The van der Waals surface area contributed by atoms with Crippen molar-refractivity contribution in [3.05, 3.63) is 88.2 Å². The zero-order valence-corrected chi connectivity index (χ0v) is 22.3. The summed E-state index contributed by atoms with van der Waals surface area (Å²) in [5, 5.41) is 8.21. The lowest BCUT2D eigenvalue weighted by atomic mass is 9.94. The third kappa shape index (κ3) is 5.47. The Morgan fingerprint density at radius 3 is 2.71 bits per heavy atom. The molecule has 1 fully saturated rings. The smallest absolute Gasteiger partial charge is 0.257 e. The number of Topliss-reactive ketones (excluding diaryl/α,β-unsaturated/α-hetero) is 1. The number of hydrogen-bond acceptors (Lipinski definition) is 6. The van der Waals surface area contributed by atoms with Gasteiger partial charge in [-0.2, -0.15) is 5.10 Å². The first-order chi connectivity index (χ1) is 18.5. The molecule has 1 aliphatic carbocycles. The van der Waals surface area contributed by atoms with Crippen molar-refractivity contribution < 1.29 is 9.59 Å². The monoisotopic (exact) mass is 525 g/mol. The van der Waals surface area contributed by atoms with Crippen LogP contribution in [-0.2, 0) is 24.2 Å². The van der Waals surface area contributed by atoms with Gasteiger partial charge in [-0.25, -0.2) is 4.98 Å². The van der Waals surface area contributed by atoms with Crippen molar-refractivity contribution in [2.45, 2.75) is 51.6 Å². The summed E-state index contributed by atoms with van der Waals surface area (Å²) in [5.74, 6) is 0.228. The van der Waals surface area contributed by atoms with Crippen LogP contribution in [0.2, 0.25) is 0 Å². The number of anilines is 1. The molecule has 8 heteroatoms. The number of rotatable bonds is 6. The molecule has 1 atom stereocenters. The highest BCUT2D eigenvalue weighted by atomic mass is 32.1. The van der Waals surface area contributed by atoms with E-state index < -0.39 is 0 Å². The normalized spacial score (nSPS) is 17.8. The molecule has 0 unspecified atom stereocenters. The van der Waals surface area contributed by atoms with E-state index in [1.54, 1.807) is 11.3 Å². The van der Waals surface area contributed by atoms with Gasteiger partial charge in [0.2, 0.25) is 0 Å². The Morgan fingerprint density at radius 1 is 1.08 bits per heavy atom. The van der Waals surface area contributed by atoms with Gasteiger partial charge in [0.1, 0.15) is 5.78 Å². The Kier molecular flexibility index (Phi) is 6.91. The lowest BCUT2D eigenvalue weighted by Crippen LogP contribution is -2.44. The zero-order chi connectivity index (χ0) is 26.1. The highest BCUT2D eigenvalue weighted by molar-refractivity contribution is 7.15. The van der Waals surface area contributed by atoms with Crippen LogP contribution in [0.4, 0.5) is 5.13 Å². The van der Waals surface area contributed by atoms with Crippen LogP contribution in [-0.4, -0.2) is 50.5 Å². The van der Waals surface area contributed by atoms with Crippen LogP contribution in [0.3, 0.4) is 0 Å². The molecule has 3 heterocycles. The number of aryl methyl sites for hydroxylation is 2. The lowest BCUT2D eigenvalue weighted by molar-refractivity contribution is -0.122. The number of piperidine rings is 1. The molecule has 1 amide bonds. The second-order valence-corrected chi connectivity index (χ2v) is 11.4. The molecule has 2 aliphatic rings. The highest BCUT2D eigenvalue weighted by Crippen LogP contribution is 2.32. The van der Waals surface area contributed by atoms with Gasteiger partial charge in [-0.1, -0.05) is 42.0 Å². The van der Waals surface area contributed by atoms with Crippen molar-refractivity contribution in [3.8, 4) is 11.1 Å². The SMILES string of the molecule is Cc1ccc(-c2cnn(Cc3cccc(C(=O)Nc4nc5c(s4)C[C@@H](N4CCC(=O)CC4)CC5)c3)c2)cc1. The fourth-order valence-corrected chi connectivity index (χ4v) is 6.45. The van der Waals surface area contributed by atoms with Gasteiger partial charge >= 0.3 is 0 Å². The maximum atomic E-state index is 13.1. The predicted molar refractivity (Wildman–Crippen MR) is 150 cm³/mol. The maximum absolute atomic E-state index is 13.1. The van der Waals surface area contributed by atoms with E-state index in [0.717, 1.165) is 54.7 Å². The Bertz CT molecular complexity index is 1460. The Hall–Kier alpha value is -3.62. The molecule has 2 aromatic heterocycles. The van der Waals surface area contributed by atoms with E-state index in [1.165, 1.54) is 10.4 Å². The fraction of sp³-hybridized carbons (Fsp3) is 0.333. The minimum atomic E-state index is -0.148. The lowest BCUT2D eigenvalue weighted by Gasteiger charge is -2.35. The Labute approximate surface area is 226 Å². The molecule has 0 radical (unpaired) electrons. The van der Waals surface area contributed by atoms with Gasteiger partial charge in [-0.15, -0.1) is 11.3 Å². The molecule has 1 saturated heterocycles. The molecule has 1 N–H and O–H groups in total. The van der Waals surface area contributed by atoms with E-state index in [1.807, 2.05) is 41.3 Å². The number of thiazole rings is 1. The third-order valence-electron chi connectivity index (χ3n) is 7.56. The number of amides is 1. The molecule has 0 saturated carbocycles. The maximum Gasteiger partial charge on any atom is 0.257 e. The second-order valence-electron chi connectivity index (χ2n) is 10.3. The van der Waals surface area contributed by atoms with Crippen LogP contribution in [0.25, 0.3) is 11.1 Å². The summed E-state index contributed by atoms with van der Waals surface area (Å²) in [6, 6.07) is 16.6. The number of hydrogen-bond donors (Lipinski definition) is 1. The van der Waals surface area contributed by atoms with Gasteiger partial charge in [-0.05, 0) is 49.4 Å². The van der Waals surface area contributed by atoms with E-state index in [4.69, 9.17) is 4.98 Å². The van der Waals surface area contributed by atoms with Gasteiger partial charge in [0.05, 0.1) is 18.4 Å². The van der Waals surface area contributed by atoms with Crippen molar-refractivity contribution in [1.29, 1.82) is 0 Å². The molecular formula is C30H31N5O2S. The summed E-state index contributed by atoms with van der Waals surface area (Å²) in [4.78, 5) is 33.1. The van der Waals surface area contributed by atoms with Crippen LogP contribution < -0.4 is 5.32 Å². The molecule has 194 valence electrons. The Morgan fingerprint density at radius 2 is 1.89 bits per heavy atom. The van der Waals surface area contributed by atoms with Crippen molar-refractivity contribution in [3.63, 3.8) is 0 Å². The predicted octanol–water partition coefficient (Wildman–Crippen LogP) is 5.14. The first-order valence-electron chi connectivity index (χ1n) is 13.2. The molecular weight excluding hydrogens is 494 g/mol. The topological polar surface area (TPSA) is 80.1 Å². The van der Waals surface area contributed by atoms with Gasteiger partial charge < -0.3 is 0 Å². The molecule has 6 rings (SSSR count). The van der Waals surface area contributed by atoms with Crippen molar-refractivity contribution in [1.82, 2.24) is 19.7 Å². The molecule has 1 aliphatic heterocycles. The van der Waals surface area contributed by atoms with E-state index in [-0.39, 0.29) is 5.91 Å². The first-order valence-corrected chi connectivity index (χ1v) is 14.1. The zero-order valence-electron chi connectivity index (χ0n) is 21.5. The summed E-state index contributed by atoms with van der Waals surface area (Å²) < 4.78 is 1.90. The largest absolute Gasteiger partial charge is 0.300 e. The molecule has 2 aromatic carbocycles. The van der Waals surface area contributed by atoms with Crippen LogP contribution in [0.15, 0.2) is 60.9 Å². The van der Waals surface area contributed by atoms with Gasteiger partial charge in [0, 0.05) is 54.2 Å². The fourth-order valence-electron chi connectivity index (χ4n) is 5.37. The average Bonchev–Trinajstić information content (AvgIpc) is 3.56. The van der Waals surface area contributed by atoms with Gasteiger partial charge in [0.15, 0.2) is 5.13 Å². The molecule has 0 spiro atoms. The Balaban J connectivity index is 1.09. The van der Waals surface area contributed by atoms with Crippen molar-refractivity contribution in [2.75, 3.05) is 18.4 Å². The van der Waals surface area contributed by atoms with Gasteiger partial charge in [0.25, 0.3) is 5.91 Å². The third-order valence-corrected chi connectivity index (χ3v) is 8.59. The number of benzene rings is 2. The molecule has 0 bridgehead atoms. The highest BCUT2D eigenvalue weighted by Gasteiger charge is 2.29. The number of ketones is 1. The number of fused-ring (bicyclic) bond motifs is 1. The van der Waals surface area contributed by atoms with E-state index in [0.29, 0.717) is 41.9 Å². The molecule has 38 heavy (non-hydrogen) atoms. The number of carbonyl (C=O) groups is 2. The second kappa shape index (κ2) is 10.6. The number of nitrogens with one attached hydrogen (secondary N) is 1. The number of carbonyl (C=O) groups excluding carboxylic acids is 2. The molecule has 7 nitrogen and oxygen atoms in total. The summed E-state index contributed by atoms with van der Waals surface area (Å²) >= 11 is 1.58. The number of nitrogens with zero attached hydrogens (tertiary/aromatic N) is 4.